The van der Waals surface area contributed by atoms with Crippen LogP contribution in [-0.2, 0) is 14.3 Å². The Morgan fingerprint density at radius 2 is 1.86 bits per heavy atom. The monoisotopic (exact) mass is 391 g/mol. The predicted octanol–water partition coefficient (Wildman–Crippen LogP) is 4.95. The molecule has 0 unspecified atom stereocenters. The number of ketones is 1. The first-order valence-electron chi connectivity index (χ1n) is 10.5. The molecule has 2 aliphatic rings. The summed E-state index contributed by atoms with van der Waals surface area (Å²) in [5, 5.41) is 2.22. The molecule has 4 atom stereocenters. The molecule has 4 heteroatoms. The van der Waals surface area contributed by atoms with Crippen molar-refractivity contribution in [2.24, 2.45) is 22.2 Å². The highest BCUT2D eigenvalue weighted by molar-refractivity contribution is 6.05. The van der Waals surface area contributed by atoms with E-state index in [2.05, 4.69) is 38.1 Å². The van der Waals surface area contributed by atoms with Gasteiger partial charge in [-0.1, -0.05) is 56.3 Å². The molecular weight excluding hydrogens is 362 g/mol. The second kappa shape index (κ2) is 7.40. The molecule has 4 nitrogen and oxygen atoms in total. The number of nitrogens with zero attached hydrogens (tertiary/aromatic N) is 1. The fourth-order valence-corrected chi connectivity index (χ4v) is 5.41. The van der Waals surface area contributed by atoms with Gasteiger partial charge < -0.3 is 4.74 Å². The topological polar surface area (TPSA) is 55.7 Å². The Labute approximate surface area is 172 Å². The van der Waals surface area contributed by atoms with Crippen LogP contribution in [0.15, 0.2) is 47.5 Å². The highest BCUT2D eigenvalue weighted by atomic mass is 16.5. The van der Waals surface area contributed by atoms with Crippen molar-refractivity contribution in [1.82, 2.24) is 0 Å². The molecule has 2 aromatic rings. The van der Waals surface area contributed by atoms with E-state index in [1.54, 1.807) is 0 Å². The standard InChI is InChI=1S/C25H29NO3/c1-5-29-24(28)21-15(2)26-19-13-25(3,4)14-20(27)23(19)22(21)18-12-8-10-16-9-6-7-11-17(16)18/h6-12,19,21-23H,5,13-14H2,1-4H3/t19-,21+,22+,23-/m0/s1. The quantitative estimate of drug-likeness (QED) is 0.696. The summed E-state index contributed by atoms with van der Waals surface area (Å²) in [7, 11) is 0. The highest BCUT2D eigenvalue weighted by Crippen LogP contribution is 2.50. The van der Waals surface area contributed by atoms with Crippen LogP contribution in [-0.4, -0.2) is 30.1 Å². The molecule has 1 saturated carbocycles. The molecule has 0 aromatic heterocycles. The molecule has 0 bridgehead atoms. The summed E-state index contributed by atoms with van der Waals surface area (Å²) >= 11 is 0. The number of hydrogen-bond acceptors (Lipinski definition) is 4. The normalized spacial score (nSPS) is 28.6. The van der Waals surface area contributed by atoms with Gasteiger partial charge in [0.25, 0.3) is 0 Å². The van der Waals surface area contributed by atoms with Crippen molar-refractivity contribution in [2.45, 2.75) is 52.5 Å². The summed E-state index contributed by atoms with van der Waals surface area (Å²) in [4.78, 5) is 31.3. The van der Waals surface area contributed by atoms with Crippen molar-refractivity contribution in [3.05, 3.63) is 48.0 Å². The van der Waals surface area contributed by atoms with Crippen LogP contribution in [0.25, 0.3) is 10.8 Å². The van der Waals surface area contributed by atoms with E-state index in [1.165, 1.54) is 0 Å². The van der Waals surface area contributed by atoms with Crippen molar-refractivity contribution >= 4 is 28.2 Å². The van der Waals surface area contributed by atoms with Gasteiger partial charge in [-0.25, -0.2) is 0 Å². The molecule has 2 aromatic carbocycles. The van der Waals surface area contributed by atoms with Gasteiger partial charge in [0, 0.05) is 24.0 Å². The summed E-state index contributed by atoms with van der Waals surface area (Å²) < 4.78 is 5.44. The van der Waals surface area contributed by atoms with Gasteiger partial charge in [-0.2, -0.15) is 0 Å². The Balaban J connectivity index is 1.92. The minimum absolute atomic E-state index is 0.0674. The Morgan fingerprint density at radius 3 is 2.62 bits per heavy atom. The number of ether oxygens (including phenoxy) is 1. The zero-order valence-corrected chi connectivity index (χ0v) is 17.6. The third-order valence-corrected chi connectivity index (χ3v) is 6.49. The van der Waals surface area contributed by atoms with E-state index < -0.39 is 5.92 Å². The van der Waals surface area contributed by atoms with Crippen LogP contribution in [0.2, 0.25) is 0 Å². The number of fused-ring (bicyclic) bond motifs is 2. The molecule has 0 spiro atoms. The van der Waals surface area contributed by atoms with Gasteiger partial charge in [0.15, 0.2) is 0 Å². The van der Waals surface area contributed by atoms with Crippen molar-refractivity contribution < 1.29 is 14.3 Å². The van der Waals surface area contributed by atoms with Crippen LogP contribution in [0.5, 0.6) is 0 Å². The molecular formula is C25H29NO3. The maximum atomic E-state index is 13.4. The third kappa shape index (κ3) is 3.50. The van der Waals surface area contributed by atoms with Crippen molar-refractivity contribution in [2.75, 3.05) is 6.61 Å². The number of carbonyl (C=O) groups is 2. The van der Waals surface area contributed by atoms with Crippen LogP contribution in [0.3, 0.4) is 0 Å². The predicted molar refractivity (Wildman–Crippen MR) is 115 cm³/mol. The SMILES string of the molecule is CCOC(=O)[C@@H]1C(C)=N[C@H]2CC(C)(C)CC(=O)[C@H]2[C@@H]1c1cccc2ccccc12. The summed E-state index contributed by atoms with van der Waals surface area (Å²) in [6, 6.07) is 14.3. The van der Waals surface area contributed by atoms with Gasteiger partial charge in [0.1, 0.15) is 11.7 Å². The lowest BCUT2D eigenvalue weighted by atomic mass is 9.60. The van der Waals surface area contributed by atoms with Gasteiger partial charge in [-0.05, 0) is 42.0 Å². The van der Waals surface area contributed by atoms with Crippen molar-refractivity contribution in [3.63, 3.8) is 0 Å². The van der Waals surface area contributed by atoms with Crippen LogP contribution >= 0.6 is 0 Å². The fraction of sp³-hybridized carbons (Fsp3) is 0.480. The van der Waals surface area contributed by atoms with E-state index in [1.807, 2.05) is 32.0 Å². The molecule has 1 aliphatic heterocycles. The lowest BCUT2D eigenvalue weighted by molar-refractivity contribution is -0.147. The molecule has 1 fully saturated rings. The fourth-order valence-electron chi connectivity index (χ4n) is 5.41. The second-order valence-corrected chi connectivity index (χ2v) is 9.20. The van der Waals surface area contributed by atoms with Gasteiger partial charge in [-0.15, -0.1) is 0 Å². The average Bonchev–Trinajstić information content (AvgIpc) is 2.65. The summed E-state index contributed by atoms with van der Waals surface area (Å²) in [6.45, 7) is 8.33. The third-order valence-electron chi connectivity index (χ3n) is 6.49. The molecule has 1 aliphatic carbocycles. The largest absolute Gasteiger partial charge is 0.465 e. The lowest BCUT2D eigenvalue weighted by Gasteiger charge is -2.46. The minimum Gasteiger partial charge on any atom is -0.465 e. The van der Waals surface area contributed by atoms with Gasteiger partial charge in [-0.3, -0.25) is 14.6 Å². The van der Waals surface area contributed by atoms with Crippen LogP contribution in [0, 0.1) is 17.3 Å². The van der Waals surface area contributed by atoms with Crippen LogP contribution in [0.1, 0.15) is 52.0 Å². The number of carbonyl (C=O) groups excluding carboxylic acids is 2. The number of esters is 1. The zero-order chi connectivity index (χ0) is 20.8. The van der Waals surface area contributed by atoms with Gasteiger partial charge in [0.2, 0.25) is 0 Å². The molecule has 4 rings (SSSR count). The average molecular weight is 392 g/mol. The van der Waals surface area contributed by atoms with E-state index in [4.69, 9.17) is 9.73 Å². The molecule has 0 amide bonds. The molecule has 0 saturated heterocycles. The number of benzene rings is 2. The molecule has 0 radical (unpaired) electrons. The Kier molecular flexibility index (Phi) is 5.05. The maximum absolute atomic E-state index is 13.4. The first-order chi connectivity index (χ1) is 13.8. The van der Waals surface area contributed by atoms with E-state index >= 15 is 0 Å². The molecule has 0 N–H and O–H groups in total. The minimum atomic E-state index is -0.521. The Hall–Kier alpha value is -2.49. The summed E-state index contributed by atoms with van der Waals surface area (Å²) in [6.07, 6.45) is 1.39. The Bertz CT molecular complexity index is 985. The number of Topliss-reactive ketones (excluding diaryl/α,β-unsaturated/α-hetero) is 1. The maximum Gasteiger partial charge on any atom is 0.315 e. The van der Waals surface area contributed by atoms with Gasteiger partial charge in [0.05, 0.1) is 12.6 Å². The first kappa shape index (κ1) is 19.8. The molecule has 1 heterocycles. The van der Waals surface area contributed by atoms with Crippen LogP contribution < -0.4 is 0 Å². The van der Waals surface area contributed by atoms with E-state index in [-0.39, 0.29) is 35.0 Å². The molecule has 152 valence electrons. The van der Waals surface area contributed by atoms with E-state index in [9.17, 15) is 9.59 Å². The van der Waals surface area contributed by atoms with Gasteiger partial charge >= 0.3 is 5.97 Å². The summed E-state index contributed by atoms with van der Waals surface area (Å²) in [5.41, 5.74) is 1.77. The van der Waals surface area contributed by atoms with E-state index in [0.717, 1.165) is 28.5 Å². The number of hydrogen-bond donors (Lipinski definition) is 0. The van der Waals surface area contributed by atoms with Crippen LogP contribution in [0.4, 0.5) is 0 Å². The number of aliphatic imine (C=N–C) groups is 1. The smallest absolute Gasteiger partial charge is 0.315 e. The highest BCUT2D eigenvalue weighted by Gasteiger charge is 2.52. The first-order valence-corrected chi connectivity index (χ1v) is 10.5. The summed E-state index contributed by atoms with van der Waals surface area (Å²) in [5.74, 6) is -1.11. The lowest BCUT2D eigenvalue weighted by Crippen LogP contribution is -2.50. The second-order valence-electron chi connectivity index (χ2n) is 9.20. The van der Waals surface area contributed by atoms with E-state index in [0.29, 0.717) is 13.0 Å². The molecule has 29 heavy (non-hydrogen) atoms. The zero-order valence-electron chi connectivity index (χ0n) is 17.6. The Morgan fingerprint density at radius 1 is 1.14 bits per heavy atom. The van der Waals surface area contributed by atoms with Crippen molar-refractivity contribution in [1.29, 1.82) is 0 Å². The van der Waals surface area contributed by atoms with Crippen molar-refractivity contribution in [3.8, 4) is 0 Å². The number of rotatable bonds is 3.